The van der Waals surface area contributed by atoms with Gasteiger partial charge in [0.1, 0.15) is 0 Å². The smallest absolute Gasteiger partial charge is 0.191 e. The van der Waals surface area contributed by atoms with Crippen molar-refractivity contribution in [1.82, 2.24) is 10.6 Å². The summed E-state index contributed by atoms with van der Waals surface area (Å²) in [5, 5.41) is 16.6. The van der Waals surface area contributed by atoms with Crippen LogP contribution in [0.15, 0.2) is 29.3 Å². The van der Waals surface area contributed by atoms with Gasteiger partial charge in [0.05, 0.1) is 6.04 Å². The summed E-state index contributed by atoms with van der Waals surface area (Å²) in [7, 11) is 0. The van der Waals surface area contributed by atoms with E-state index < -0.39 is 0 Å². The lowest BCUT2D eigenvalue weighted by molar-refractivity contribution is 0.253. The van der Waals surface area contributed by atoms with Gasteiger partial charge in [0, 0.05) is 24.7 Å². The van der Waals surface area contributed by atoms with E-state index in [4.69, 9.17) is 21.7 Å². The van der Waals surface area contributed by atoms with Crippen molar-refractivity contribution in [3.63, 3.8) is 0 Å². The van der Waals surface area contributed by atoms with Gasteiger partial charge < -0.3 is 15.7 Å². The first-order valence-electron chi connectivity index (χ1n) is 8.51. The van der Waals surface area contributed by atoms with Gasteiger partial charge in [0.15, 0.2) is 5.96 Å². The fraction of sp³-hybridized carbons (Fsp3) is 0.611. The summed E-state index contributed by atoms with van der Waals surface area (Å²) in [6, 6.07) is 7.99. The molecular weight excluding hydrogens is 437 g/mol. The molecule has 3 N–H and O–H groups in total. The molecule has 138 valence electrons. The Labute approximate surface area is 168 Å². The quantitative estimate of drug-likeness (QED) is 0.287. The highest BCUT2D eigenvalue weighted by atomic mass is 127. The van der Waals surface area contributed by atoms with E-state index in [0.717, 1.165) is 43.3 Å². The van der Waals surface area contributed by atoms with Crippen molar-refractivity contribution in [2.75, 3.05) is 19.7 Å². The third-order valence-electron chi connectivity index (χ3n) is 3.81. The summed E-state index contributed by atoms with van der Waals surface area (Å²) in [5.74, 6) is 1.25. The molecule has 0 saturated carbocycles. The number of aliphatic imine (C=N–C) groups is 1. The molecule has 0 radical (unpaired) electrons. The van der Waals surface area contributed by atoms with Crippen molar-refractivity contribution in [2.45, 2.75) is 46.1 Å². The maximum Gasteiger partial charge on any atom is 0.191 e. The Bertz CT molecular complexity index is 462. The number of hydrogen-bond donors (Lipinski definition) is 3. The van der Waals surface area contributed by atoms with E-state index >= 15 is 0 Å². The van der Waals surface area contributed by atoms with Gasteiger partial charge in [-0.25, -0.2) is 0 Å². The standard InChI is InChI=1S/C18H30ClN3O.HI/c1-4-6-15(11-12-23)13-21-18(20-5-2)22-14(3)16-7-9-17(19)10-8-16;/h7-10,14-15,23H,4-6,11-13H2,1-3H3,(H2,20,21,22);1H. The van der Waals surface area contributed by atoms with Crippen molar-refractivity contribution < 1.29 is 5.11 Å². The van der Waals surface area contributed by atoms with Gasteiger partial charge in [-0.3, -0.25) is 4.99 Å². The Kier molecular flexibility index (Phi) is 13.4. The average Bonchev–Trinajstić information content (AvgIpc) is 2.53. The average molecular weight is 468 g/mol. The molecule has 2 unspecified atom stereocenters. The third kappa shape index (κ3) is 9.08. The fourth-order valence-corrected chi connectivity index (χ4v) is 2.62. The number of aliphatic hydroxyl groups excluding tert-OH is 1. The van der Waals surface area contributed by atoms with Crippen molar-refractivity contribution in [2.24, 2.45) is 10.9 Å². The minimum atomic E-state index is 0. The van der Waals surface area contributed by atoms with Gasteiger partial charge in [-0.15, -0.1) is 24.0 Å². The minimum absolute atomic E-state index is 0. The Balaban J connectivity index is 0.00000529. The second-order valence-electron chi connectivity index (χ2n) is 5.80. The molecule has 0 aliphatic rings. The predicted molar refractivity (Wildman–Crippen MR) is 114 cm³/mol. The lowest BCUT2D eigenvalue weighted by Crippen LogP contribution is -2.39. The van der Waals surface area contributed by atoms with E-state index in [1.54, 1.807) is 0 Å². The fourth-order valence-electron chi connectivity index (χ4n) is 2.50. The molecule has 1 rings (SSSR count). The number of hydrogen-bond acceptors (Lipinski definition) is 2. The van der Waals surface area contributed by atoms with Crippen molar-refractivity contribution >= 4 is 41.5 Å². The van der Waals surface area contributed by atoms with Gasteiger partial charge in [0.25, 0.3) is 0 Å². The molecule has 4 nitrogen and oxygen atoms in total. The molecule has 0 aliphatic heterocycles. The first-order chi connectivity index (χ1) is 11.1. The van der Waals surface area contributed by atoms with Crippen LogP contribution in [0.2, 0.25) is 5.02 Å². The van der Waals surface area contributed by atoms with Gasteiger partial charge in [-0.1, -0.05) is 37.1 Å². The Hall–Kier alpha value is -0.530. The highest BCUT2D eigenvalue weighted by molar-refractivity contribution is 14.0. The van der Waals surface area contributed by atoms with Crippen molar-refractivity contribution in [3.8, 4) is 0 Å². The van der Waals surface area contributed by atoms with Crippen molar-refractivity contribution in [1.29, 1.82) is 0 Å². The highest BCUT2D eigenvalue weighted by Gasteiger charge is 2.10. The molecule has 0 spiro atoms. The first kappa shape index (κ1) is 23.5. The minimum Gasteiger partial charge on any atom is -0.396 e. The van der Waals surface area contributed by atoms with E-state index in [1.807, 2.05) is 24.3 Å². The van der Waals surface area contributed by atoms with Crippen LogP contribution in [0.4, 0.5) is 0 Å². The summed E-state index contributed by atoms with van der Waals surface area (Å²) in [6.45, 7) is 8.11. The molecule has 24 heavy (non-hydrogen) atoms. The summed E-state index contributed by atoms with van der Waals surface area (Å²) in [5.41, 5.74) is 1.17. The maximum atomic E-state index is 9.16. The molecule has 2 atom stereocenters. The van der Waals surface area contributed by atoms with Crippen LogP contribution in [0, 0.1) is 5.92 Å². The number of rotatable bonds is 9. The van der Waals surface area contributed by atoms with E-state index in [9.17, 15) is 0 Å². The molecule has 0 bridgehead atoms. The normalized spacial score (nSPS) is 13.8. The van der Waals surface area contributed by atoms with Gasteiger partial charge in [0.2, 0.25) is 0 Å². The molecule has 0 saturated heterocycles. The highest BCUT2D eigenvalue weighted by Crippen LogP contribution is 2.16. The third-order valence-corrected chi connectivity index (χ3v) is 4.06. The van der Waals surface area contributed by atoms with Crippen LogP contribution in [-0.2, 0) is 0 Å². The zero-order chi connectivity index (χ0) is 17.1. The Morgan fingerprint density at radius 1 is 1.21 bits per heavy atom. The van der Waals surface area contributed by atoms with Crippen LogP contribution in [0.5, 0.6) is 0 Å². The number of halogens is 2. The SMILES string of the molecule is CCCC(CCO)CN=C(NCC)NC(C)c1ccc(Cl)cc1.I. The first-order valence-corrected chi connectivity index (χ1v) is 8.89. The van der Waals surface area contributed by atoms with Crippen LogP contribution in [0.25, 0.3) is 0 Å². The molecule has 0 fully saturated rings. The molecule has 0 aromatic heterocycles. The van der Waals surface area contributed by atoms with E-state index in [-0.39, 0.29) is 36.6 Å². The summed E-state index contributed by atoms with van der Waals surface area (Å²) in [4.78, 5) is 4.69. The van der Waals surface area contributed by atoms with E-state index in [1.165, 1.54) is 5.56 Å². The molecule has 1 aromatic rings. The number of guanidine groups is 1. The molecule has 6 heteroatoms. The van der Waals surface area contributed by atoms with Gasteiger partial charge >= 0.3 is 0 Å². The second-order valence-corrected chi connectivity index (χ2v) is 6.24. The predicted octanol–water partition coefficient (Wildman–Crippen LogP) is 4.37. The summed E-state index contributed by atoms with van der Waals surface area (Å²) >= 11 is 5.94. The lowest BCUT2D eigenvalue weighted by atomic mass is 10.0. The van der Waals surface area contributed by atoms with E-state index in [0.29, 0.717) is 5.92 Å². The molecule has 0 amide bonds. The monoisotopic (exact) mass is 467 g/mol. The van der Waals surface area contributed by atoms with Gasteiger partial charge in [-0.05, 0) is 50.3 Å². The topological polar surface area (TPSA) is 56.7 Å². The van der Waals surface area contributed by atoms with Crippen LogP contribution >= 0.6 is 35.6 Å². The summed E-state index contributed by atoms with van der Waals surface area (Å²) in [6.07, 6.45) is 3.02. The molecule has 1 aromatic carbocycles. The van der Waals surface area contributed by atoms with E-state index in [2.05, 4.69) is 31.4 Å². The molecule has 0 aliphatic carbocycles. The van der Waals surface area contributed by atoms with Crippen molar-refractivity contribution in [3.05, 3.63) is 34.9 Å². The lowest BCUT2D eigenvalue weighted by Gasteiger charge is -2.19. The number of nitrogens with one attached hydrogen (secondary N) is 2. The van der Waals surface area contributed by atoms with Crippen LogP contribution in [0.3, 0.4) is 0 Å². The van der Waals surface area contributed by atoms with Crippen LogP contribution in [0.1, 0.15) is 51.6 Å². The van der Waals surface area contributed by atoms with Crippen LogP contribution < -0.4 is 10.6 Å². The van der Waals surface area contributed by atoms with Gasteiger partial charge in [-0.2, -0.15) is 0 Å². The summed E-state index contributed by atoms with van der Waals surface area (Å²) < 4.78 is 0. The molecular formula is C18H31ClIN3O. The zero-order valence-corrected chi connectivity index (χ0v) is 18.0. The molecule has 0 heterocycles. The number of benzene rings is 1. The largest absolute Gasteiger partial charge is 0.396 e. The zero-order valence-electron chi connectivity index (χ0n) is 14.9. The van der Waals surface area contributed by atoms with Crippen LogP contribution in [-0.4, -0.2) is 30.8 Å². The number of nitrogens with zero attached hydrogens (tertiary/aromatic N) is 1. The number of aliphatic hydroxyl groups is 1. The maximum absolute atomic E-state index is 9.16. The second kappa shape index (κ2) is 13.7. The Morgan fingerprint density at radius 2 is 1.88 bits per heavy atom. The Morgan fingerprint density at radius 3 is 2.42 bits per heavy atom.